The van der Waals surface area contributed by atoms with Gasteiger partial charge in [-0.15, -0.1) is 24.8 Å². The van der Waals surface area contributed by atoms with Crippen LogP contribution < -0.4 is 11.3 Å². The van der Waals surface area contributed by atoms with Gasteiger partial charge in [-0.2, -0.15) is 0 Å². The Morgan fingerprint density at radius 2 is 1.54 bits per heavy atom. The fourth-order valence-corrected chi connectivity index (χ4v) is 3.25. The third-order valence-corrected chi connectivity index (χ3v) is 4.75. The van der Waals surface area contributed by atoms with Gasteiger partial charge in [-0.05, 0) is 35.1 Å². The predicted octanol–water partition coefficient (Wildman–Crippen LogP) is 2.68. The number of nitrogens with two attached hydrogens (primary N) is 1. The summed E-state index contributed by atoms with van der Waals surface area (Å²) in [6, 6.07) is 17.1. The third kappa shape index (κ3) is 7.78. The second-order valence-corrected chi connectivity index (χ2v) is 6.77. The normalized spacial score (nSPS) is 13.9. The summed E-state index contributed by atoms with van der Waals surface area (Å²) in [4.78, 5) is 13.7. The van der Waals surface area contributed by atoms with Crippen LogP contribution in [-0.2, 0) is 35.3 Å². The zero-order chi connectivity index (χ0) is 18.2. The maximum Gasteiger partial charge on any atom is 0.238 e. The number of aryl methyl sites for hydroxylation is 2. The van der Waals surface area contributed by atoms with Crippen LogP contribution in [0, 0.1) is 0 Å². The van der Waals surface area contributed by atoms with Gasteiger partial charge in [0.05, 0.1) is 19.6 Å². The summed E-state index contributed by atoms with van der Waals surface area (Å²) in [6.07, 6.45) is 2.32. The lowest BCUT2D eigenvalue weighted by Crippen LogP contribution is -2.35. The van der Waals surface area contributed by atoms with Crippen molar-refractivity contribution in [2.45, 2.75) is 25.8 Å². The largest absolute Gasteiger partial charge is 0.379 e. The zero-order valence-corrected chi connectivity index (χ0v) is 17.6. The maximum atomic E-state index is 11.3. The molecular weight excluding hydrogens is 397 g/mol. The Morgan fingerprint density at radius 3 is 2.21 bits per heavy atom. The Hall–Kier alpha value is -1.63. The number of carbonyl (C=O) groups excluding carboxylic acids is 1. The molecule has 0 aromatic heterocycles. The van der Waals surface area contributed by atoms with Gasteiger partial charge >= 0.3 is 0 Å². The second kappa shape index (κ2) is 12.8. The van der Waals surface area contributed by atoms with E-state index in [0.29, 0.717) is 6.42 Å². The van der Waals surface area contributed by atoms with Crippen LogP contribution in [0.5, 0.6) is 0 Å². The summed E-state index contributed by atoms with van der Waals surface area (Å²) >= 11 is 0. The van der Waals surface area contributed by atoms with Gasteiger partial charge < -0.3 is 4.74 Å². The van der Waals surface area contributed by atoms with Crippen LogP contribution in [0.4, 0.5) is 0 Å². The number of halogens is 2. The van der Waals surface area contributed by atoms with Crippen molar-refractivity contribution in [3.05, 3.63) is 70.8 Å². The average molecular weight is 426 g/mol. The average Bonchev–Trinajstić information content (AvgIpc) is 2.68. The lowest BCUT2D eigenvalue weighted by atomic mass is 10.0. The first-order chi connectivity index (χ1) is 12.7. The molecule has 3 rings (SSSR count). The van der Waals surface area contributed by atoms with E-state index >= 15 is 0 Å². The van der Waals surface area contributed by atoms with Gasteiger partial charge in [-0.25, -0.2) is 5.84 Å². The number of benzene rings is 2. The van der Waals surface area contributed by atoms with Crippen LogP contribution in [0.2, 0.25) is 0 Å². The molecule has 1 saturated heterocycles. The van der Waals surface area contributed by atoms with Crippen LogP contribution >= 0.6 is 24.8 Å². The number of amides is 1. The van der Waals surface area contributed by atoms with Crippen molar-refractivity contribution in [3.63, 3.8) is 0 Å². The molecule has 7 heteroatoms. The van der Waals surface area contributed by atoms with Crippen LogP contribution in [0.1, 0.15) is 22.3 Å². The van der Waals surface area contributed by atoms with Gasteiger partial charge in [0.2, 0.25) is 5.91 Å². The highest BCUT2D eigenvalue weighted by Crippen LogP contribution is 2.13. The number of hydrazine groups is 1. The molecule has 0 unspecified atom stereocenters. The minimum Gasteiger partial charge on any atom is -0.379 e. The van der Waals surface area contributed by atoms with Crippen molar-refractivity contribution in [1.82, 2.24) is 10.3 Å². The molecule has 0 atom stereocenters. The van der Waals surface area contributed by atoms with Gasteiger partial charge in [0, 0.05) is 19.6 Å². The van der Waals surface area contributed by atoms with E-state index in [0.717, 1.165) is 51.3 Å². The second-order valence-electron chi connectivity index (χ2n) is 6.77. The van der Waals surface area contributed by atoms with E-state index in [1.54, 1.807) is 0 Å². The number of rotatable bonds is 7. The summed E-state index contributed by atoms with van der Waals surface area (Å²) in [7, 11) is 0. The topological polar surface area (TPSA) is 67.6 Å². The molecule has 28 heavy (non-hydrogen) atoms. The summed E-state index contributed by atoms with van der Waals surface area (Å²) in [5, 5.41) is 0. The molecule has 1 aliphatic heterocycles. The lowest BCUT2D eigenvalue weighted by molar-refractivity contribution is -0.120. The predicted molar refractivity (Wildman–Crippen MR) is 117 cm³/mol. The highest BCUT2D eigenvalue weighted by molar-refractivity contribution is 5.85. The molecule has 3 N–H and O–H groups in total. The van der Waals surface area contributed by atoms with Gasteiger partial charge in [0.25, 0.3) is 0 Å². The van der Waals surface area contributed by atoms with E-state index in [1.807, 2.05) is 12.1 Å². The number of hydrogen-bond donors (Lipinski definition) is 2. The zero-order valence-electron chi connectivity index (χ0n) is 15.9. The number of carbonyl (C=O) groups is 1. The van der Waals surface area contributed by atoms with Crippen LogP contribution in [0.15, 0.2) is 48.5 Å². The summed E-state index contributed by atoms with van der Waals surface area (Å²) in [5.41, 5.74) is 7.15. The minimum absolute atomic E-state index is 0. The van der Waals surface area contributed by atoms with Crippen LogP contribution in [-0.4, -0.2) is 37.1 Å². The number of nitrogens with zero attached hydrogens (tertiary/aromatic N) is 1. The van der Waals surface area contributed by atoms with E-state index in [1.165, 1.54) is 16.7 Å². The molecule has 0 bridgehead atoms. The summed E-state index contributed by atoms with van der Waals surface area (Å²) < 4.78 is 5.41. The van der Waals surface area contributed by atoms with Crippen LogP contribution in [0.3, 0.4) is 0 Å². The van der Waals surface area contributed by atoms with Crippen molar-refractivity contribution in [1.29, 1.82) is 0 Å². The number of hydrogen-bond acceptors (Lipinski definition) is 4. The molecular formula is C21H29Cl2N3O2. The smallest absolute Gasteiger partial charge is 0.238 e. The van der Waals surface area contributed by atoms with E-state index in [9.17, 15) is 4.79 Å². The Morgan fingerprint density at radius 1 is 0.929 bits per heavy atom. The Balaban J connectivity index is 0.00000196. The molecule has 1 heterocycles. The van der Waals surface area contributed by atoms with Crippen molar-refractivity contribution >= 4 is 30.7 Å². The summed E-state index contributed by atoms with van der Waals surface area (Å²) in [6.45, 7) is 4.69. The molecule has 0 aliphatic carbocycles. The Labute approximate surface area is 179 Å². The molecule has 0 saturated carbocycles. The molecule has 1 amide bonds. The van der Waals surface area contributed by atoms with Crippen molar-refractivity contribution in [3.8, 4) is 0 Å². The molecule has 1 aliphatic rings. The Bertz CT molecular complexity index is 720. The maximum absolute atomic E-state index is 11.3. The van der Waals surface area contributed by atoms with E-state index in [-0.39, 0.29) is 30.7 Å². The fraction of sp³-hybridized carbons (Fsp3) is 0.381. The highest BCUT2D eigenvalue weighted by atomic mass is 35.5. The molecule has 2 aromatic rings. The molecule has 1 fully saturated rings. The van der Waals surface area contributed by atoms with Gasteiger partial charge in [-0.1, -0.05) is 48.5 Å². The van der Waals surface area contributed by atoms with E-state index in [2.05, 4.69) is 46.7 Å². The highest BCUT2D eigenvalue weighted by Gasteiger charge is 2.10. The van der Waals surface area contributed by atoms with E-state index < -0.39 is 0 Å². The third-order valence-electron chi connectivity index (χ3n) is 4.75. The quantitative estimate of drug-likeness (QED) is 0.406. The molecule has 5 nitrogen and oxygen atoms in total. The monoisotopic (exact) mass is 425 g/mol. The molecule has 0 spiro atoms. The molecule has 0 radical (unpaired) electrons. The Kier molecular flexibility index (Phi) is 11.1. The minimum atomic E-state index is -0.171. The number of ether oxygens (including phenoxy) is 1. The number of morpholine rings is 1. The first-order valence-electron chi connectivity index (χ1n) is 9.18. The SMILES string of the molecule is Cl.Cl.NNC(=O)Cc1ccc(CCc2cccc(CN3CCOCC3)c2)cc1. The first-order valence-corrected chi connectivity index (χ1v) is 9.18. The van der Waals surface area contributed by atoms with Gasteiger partial charge in [0.15, 0.2) is 0 Å². The fourth-order valence-electron chi connectivity index (χ4n) is 3.25. The van der Waals surface area contributed by atoms with Crippen molar-refractivity contribution < 1.29 is 9.53 Å². The van der Waals surface area contributed by atoms with Crippen molar-refractivity contribution in [2.75, 3.05) is 26.3 Å². The number of nitrogens with one attached hydrogen (secondary N) is 1. The van der Waals surface area contributed by atoms with Crippen LogP contribution in [0.25, 0.3) is 0 Å². The van der Waals surface area contributed by atoms with Gasteiger partial charge in [0.1, 0.15) is 0 Å². The summed E-state index contributed by atoms with van der Waals surface area (Å²) in [5.74, 6) is 4.95. The van der Waals surface area contributed by atoms with Gasteiger partial charge in [-0.3, -0.25) is 15.1 Å². The molecule has 2 aromatic carbocycles. The standard InChI is InChI=1S/C21H27N3O2.2ClH/c22-23-21(25)15-19-8-5-17(6-9-19)4-7-18-2-1-3-20(14-18)16-24-10-12-26-13-11-24;;/h1-3,5-6,8-9,14H,4,7,10-13,15-16,22H2,(H,23,25);2*1H. The first kappa shape index (κ1) is 24.4. The molecule has 154 valence electrons. The van der Waals surface area contributed by atoms with E-state index in [4.69, 9.17) is 10.6 Å². The van der Waals surface area contributed by atoms with Crippen molar-refractivity contribution in [2.24, 2.45) is 5.84 Å². The lowest BCUT2D eigenvalue weighted by Gasteiger charge is -2.26.